The second-order valence-corrected chi connectivity index (χ2v) is 5.66. The summed E-state index contributed by atoms with van der Waals surface area (Å²) in [7, 11) is 1.66. The Hall–Kier alpha value is -1.31. The molecule has 1 aliphatic carbocycles. The number of rotatable bonds is 2. The van der Waals surface area contributed by atoms with Gasteiger partial charge in [0.1, 0.15) is 11.5 Å². The number of carbonyl (C=O) groups is 1. The molecule has 1 fully saturated rings. The summed E-state index contributed by atoms with van der Waals surface area (Å²) in [5.74, 6) is 1.25. The van der Waals surface area contributed by atoms with Gasteiger partial charge in [0.2, 0.25) is 0 Å². The lowest BCUT2D eigenvalue weighted by Gasteiger charge is -2.34. The molecule has 1 aromatic rings. The van der Waals surface area contributed by atoms with E-state index in [1.54, 1.807) is 7.11 Å². The number of benzene rings is 1. The number of hydrogen-bond acceptors (Lipinski definition) is 2. The molecule has 0 aliphatic heterocycles. The van der Waals surface area contributed by atoms with E-state index >= 15 is 0 Å². The van der Waals surface area contributed by atoms with Gasteiger partial charge in [0.15, 0.2) is 0 Å². The maximum absolute atomic E-state index is 12.0. The summed E-state index contributed by atoms with van der Waals surface area (Å²) in [4.78, 5) is 12.0. The highest BCUT2D eigenvalue weighted by molar-refractivity contribution is 5.86. The molecule has 17 heavy (non-hydrogen) atoms. The summed E-state index contributed by atoms with van der Waals surface area (Å²) in [6, 6.07) is 7.90. The van der Waals surface area contributed by atoms with Crippen molar-refractivity contribution in [2.24, 2.45) is 5.41 Å². The maximum Gasteiger partial charge on any atom is 0.140 e. The molecule has 0 spiro atoms. The molecule has 1 aliphatic rings. The number of Topliss-reactive ketones (excluding diaryl/α,β-unsaturated/α-hetero) is 1. The van der Waals surface area contributed by atoms with Crippen molar-refractivity contribution in [3.05, 3.63) is 29.8 Å². The van der Waals surface area contributed by atoms with Crippen LogP contribution in [0.5, 0.6) is 5.75 Å². The van der Waals surface area contributed by atoms with Gasteiger partial charge in [-0.1, -0.05) is 26.0 Å². The zero-order valence-electron chi connectivity index (χ0n) is 10.8. The second kappa shape index (κ2) is 4.52. The fraction of sp³-hybridized carbons (Fsp3) is 0.533. The summed E-state index contributed by atoms with van der Waals surface area (Å²) in [5, 5.41) is 0. The SMILES string of the molecule is COc1cccc([C@H]2CC(C)(C)CCC2=O)c1. The molecule has 0 aromatic heterocycles. The van der Waals surface area contributed by atoms with Crippen molar-refractivity contribution in [1.82, 2.24) is 0 Å². The maximum atomic E-state index is 12.0. The Kier molecular flexibility index (Phi) is 3.23. The summed E-state index contributed by atoms with van der Waals surface area (Å²) in [6.45, 7) is 4.49. The number of hydrogen-bond donors (Lipinski definition) is 0. The van der Waals surface area contributed by atoms with Crippen LogP contribution < -0.4 is 4.74 Å². The summed E-state index contributed by atoms with van der Waals surface area (Å²) in [6.07, 6.45) is 2.65. The van der Waals surface area contributed by atoms with E-state index in [9.17, 15) is 4.79 Å². The van der Waals surface area contributed by atoms with Gasteiger partial charge in [0.05, 0.1) is 7.11 Å². The quantitative estimate of drug-likeness (QED) is 0.779. The smallest absolute Gasteiger partial charge is 0.140 e. The summed E-state index contributed by atoms with van der Waals surface area (Å²) < 4.78 is 5.22. The van der Waals surface area contributed by atoms with Gasteiger partial charge in [-0.25, -0.2) is 0 Å². The van der Waals surface area contributed by atoms with Gasteiger partial charge in [-0.2, -0.15) is 0 Å². The molecule has 0 bridgehead atoms. The van der Waals surface area contributed by atoms with Crippen LogP contribution in [0.3, 0.4) is 0 Å². The van der Waals surface area contributed by atoms with Crippen LogP contribution in [0.15, 0.2) is 24.3 Å². The van der Waals surface area contributed by atoms with Gasteiger partial charge < -0.3 is 4.74 Å². The highest BCUT2D eigenvalue weighted by Crippen LogP contribution is 2.41. The molecule has 2 nitrogen and oxygen atoms in total. The first kappa shape index (κ1) is 12.2. The van der Waals surface area contributed by atoms with Gasteiger partial charge in [-0.05, 0) is 36.0 Å². The minimum absolute atomic E-state index is 0.0499. The molecule has 2 rings (SSSR count). The molecule has 0 heterocycles. The Labute approximate surface area is 103 Å². The molecule has 1 aromatic carbocycles. The van der Waals surface area contributed by atoms with Gasteiger partial charge in [-0.3, -0.25) is 4.79 Å². The van der Waals surface area contributed by atoms with Crippen molar-refractivity contribution in [3.63, 3.8) is 0 Å². The summed E-state index contributed by atoms with van der Waals surface area (Å²) >= 11 is 0. The average Bonchev–Trinajstić information content (AvgIpc) is 2.32. The predicted octanol–water partition coefficient (Wildman–Crippen LogP) is 3.56. The standard InChI is InChI=1S/C15H20O2/c1-15(2)8-7-14(16)13(10-15)11-5-4-6-12(9-11)17-3/h4-6,9,13H,7-8,10H2,1-3H3/t13-/m1/s1. The fourth-order valence-corrected chi connectivity index (χ4v) is 2.57. The largest absolute Gasteiger partial charge is 0.497 e. The number of ether oxygens (including phenoxy) is 1. The van der Waals surface area contributed by atoms with E-state index in [0.717, 1.165) is 24.2 Å². The molecule has 1 atom stereocenters. The van der Waals surface area contributed by atoms with Crippen LogP contribution in [-0.2, 0) is 4.79 Å². The van der Waals surface area contributed by atoms with Gasteiger partial charge in [-0.15, -0.1) is 0 Å². The van der Waals surface area contributed by atoms with E-state index < -0.39 is 0 Å². The van der Waals surface area contributed by atoms with Gasteiger partial charge in [0.25, 0.3) is 0 Å². The first-order valence-electron chi connectivity index (χ1n) is 6.18. The molecule has 0 unspecified atom stereocenters. The molecule has 0 amide bonds. The van der Waals surface area contributed by atoms with Crippen LogP contribution >= 0.6 is 0 Å². The lowest BCUT2D eigenvalue weighted by atomic mass is 9.69. The average molecular weight is 232 g/mol. The molecule has 0 radical (unpaired) electrons. The Morgan fingerprint density at radius 2 is 2.12 bits per heavy atom. The Balaban J connectivity index is 2.27. The first-order valence-corrected chi connectivity index (χ1v) is 6.18. The monoisotopic (exact) mass is 232 g/mol. The minimum Gasteiger partial charge on any atom is -0.497 e. The van der Waals surface area contributed by atoms with Crippen molar-refractivity contribution in [3.8, 4) is 5.75 Å². The van der Waals surface area contributed by atoms with E-state index in [1.165, 1.54) is 0 Å². The zero-order chi connectivity index (χ0) is 12.5. The van der Waals surface area contributed by atoms with Crippen LogP contribution in [-0.4, -0.2) is 12.9 Å². The van der Waals surface area contributed by atoms with Crippen LogP contribution in [0.4, 0.5) is 0 Å². The molecular weight excluding hydrogens is 212 g/mol. The lowest BCUT2D eigenvalue weighted by Crippen LogP contribution is -2.28. The first-order chi connectivity index (χ1) is 8.02. The van der Waals surface area contributed by atoms with Crippen LogP contribution in [0.25, 0.3) is 0 Å². The molecular formula is C15H20O2. The second-order valence-electron chi connectivity index (χ2n) is 5.66. The van der Waals surface area contributed by atoms with E-state index in [0.29, 0.717) is 12.2 Å². The third-order valence-electron chi connectivity index (χ3n) is 3.69. The minimum atomic E-state index is 0.0499. The van der Waals surface area contributed by atoms with E-state index in [-0.39, 0.29) is 11.3 Å². The number of methoxy groups -OCH3 is 1. The van der Waals surface area contributed by atoms with Crippen LogP contribution in [0, 0.1) is 5.41 Å². The topological polar surface area (TPSA) is 26.3 Å². The predicted molar refractivity (Wildman–Crippen MR) is 68.4 cm³/mol. The van der Waals surface area contributed by atoms with Crippen molar-refractivity contribution in [2.75, 3.05) is 7.11 Å². The van der Waals surface area contributed by atoms with Gasteiger partial charge >= 0.3 is 0 Å². The molecule has 0 saturated heterocycles. The van der Waals surface area contributed by atoms with E-state index in [4.69, 9.17) is 4.74 Å². The molecule has 1 saturated carbocycles. The zero-order valence-corrected chi connectivity index (χ0v) is 10.8. The Morgan fingerprint density at radius 1 is 1.35 bits per heavy atom. The molecule has 2 heteroatoms. The fourth-order valence-electron chi connectivity index (χ4n) is 2.57. The Bertz CT molecular complexity index is 421. The van der Waals surface area contributed by atoms with Crippen LogP contribution in [0.2, 0.25) is 0 Å². The van der Waals surface area contributed by atoms with Crippen molar-refractivity contribution in [2.45, 2.75) is 39.0 Å². The van der Waals surface area contributed by atoms with E-state index in [2.05, 4.69) is 13.8 Å². The summed E-state index contributed by atoms with van der Waals surface area (Å²) in [5.41, 5.74) is 1.36. The Morgan fingerprint density at radius 3 is 2.82 bits per heavy atom. The lowest BCUT2D eigenvalue weighted by molar-refractivity contribution is -0.123. The third kappa shape index (κ3) is 2.68. The normalized spacial score (nSPS) is 23.5. The van der Waals surface area contributed by atoms with Crippen molar-refractivity contribution in [1.29, 1.82) is 0 Å². The van der Waals surface area contributed by atoms with Crippen molar-refractivity contribution >= 4 is 5.78 Å². The molecule has 0 N–H and O–H groups in total. The highest BCUT2D eigenvalue weighted by Gasteiger charge is 2.34. The molecule has 92 valence electrons. The van der Waals surface area contributed by atoms with Crippen LogP contribution in [0.1, 0.15) is 44.6 Å². The highest BCUT2D eigenvalue weighted by atomic mass is 16.5. The van der Waals surface area contributed by atoms with E-state index in [1.807, 2.05) is 24.3 Å². The third-order valence-corrected chi connectivity index (χ3v) is 3.69. The van der Waals surface area contributed by atoms with Gasteiger partial charge in [0, 0.05) is 12.3 Å². The number of carbonyl (C=O) groups excluding carboxylic acids is 1. The van der Waals surface area contributed by atoms with Crippen molar-refractivity contribution < 1.29 is 9.53 Å². The number of ketones is 1.